The molecule has 0 fully saturated rings. The molecule has 0 bridgehead atoms. The van der Waals surface area contributed by atoms with Crippen molar-refractivity contribution in [3.63, 3.8) is 0 Å². The third-order valence-corrected chi connectivity index (χ3v) is 6.60. The van der Waals surface area contributed by atoms with Crippen molar-refractivity contribution >= 4 is 62.7 Å². The van der Waals surface area contributed by atoms with Gasteiger partial charge in [0.25, 0.3) is 0 Å². The van der Waals surface area contributed by atoms with E-state index in [4.69, 9.17) is 23.2 Å². The Morgan fingerprint density at radius 1 is 1.03 bits per heavy atom. The Hall–Kier alpha value is -1.21. The van der Waals surface area contributed by atoms with Crippen molar-refractivity contribution < 1.29 is 9.59 Å². The van der Waals surface area contributed by atoms with E-state index in [-0.39, 0.29) is 23.6 Å². The van der Waals surface area contributed by atoms with E-state index in [2.05, 4.69) is 21.2 Å². The molecule has 1 N–H and O–H groups in total. The summed E-state index contributed by atoms with van der Waals surface area (Å²) >= 11 is 16.9. The van der Waals surface area contributed by atoms with Crippen molar-refractivity contribution in [2.45, 2.75) is 45.2 Å². The first kappa shape index (κ1) is 25.1. The van der Waals surface area contributed by atoms with Crippen LogP contribution in [0.5, 0.6) is 0 Å². The maximum Gasteiger partial charge on any atom is 0.242 e. The van der Waals surface area contributed by atoms with Crippen molar-refractivity contribution in [2.24, 2.45) is 0 Å². The molecule has 162 valence electrons. The van der Waals surface area contributed by atoms with Crippen molar-refractivity contribution in [3.8, 4) is 0 Å². The first-order valence-electron chi connectivity index (χ1n) is 9.53. The standard InChI is InChI=1S/C22H25BrCl2N2O2S/c1-14(2)26-22(29)15(3)27(11-16-4-7-18(23)8-5-16)21(28)13-30-12-17-6-9-19(24)20(25)10-17/h4-10,14-15H,11-13H2,1-3H3,(H,26,29)/t15-/m0/s1. The summed E-state index contributed by atoms with van der Waals surface area (Å²) in [6.45, 7) is 5.93. The Kier molecular flexibility index (Phi) is 10.0. The molecule has 0 radical (unpaired) electrons. The number of thioether (sulfide) groups is 1. The number of halogens is 3. The fourth-order valence-corrected chi connectivity index (χ4v) is 4.19. The number of rotatable bonds is 9. The van der Waals surface area contributed by atoms with Gasteiger partial charge in [0.15, 0.2) is 0 Å². The van der Waals surface area contributed by atoms with Gasteiger partial charge >= 0.3 is 0 Å². The summed E-state index contributed by atoms with van der Waals surface area (Å²) in [7, 11) is 0. The highest BCUT2D eigenvalue weighted by atomic mass is 79.9. The summed E-state index contributed by atoms with van der Waals surface area (Å²) < 4.78 is 0.965. The number of carbonyl (C=O) groups excluding carboxylic acids is 2. The second kappa shape index (κ2) is 12.0. The summed E-state index contributed by atoms with van der Waals surface area (Å²) in [6.07, 6.45) is 0. The minimum Gasteiger partial charge on any atom is -0.352 e. The average Bonchev–Trinajstić information content (AvgIpc) is 2.69. The lowest BCUT2D eigenvalue weighted by atomic mass is 10.1. The molecule has 2 amide bonds. The fourth-order valence-electron chi connectivity index (χ4n) is 2.74. The minimum absolute atomic E-state index is 0.00797. The van der Waals surface area contributed by atoms with E-state index in [0.717, 1.165) is 15.6 Å². The summed E-state index contributed by atoms with van der Waals surface area (Å²) in [6, 6.07) is 12.6. The summed E-state index contributed by atoms with van der Waals surface area (Å²) in [5.74, 6) is 0.636. The van der Waals surface area contributed by atoms with Gasteiger partial charge < -0.3 is 10.2 Å². The molecule has 30 heavy (non-hydrogen) atoms. The maximum atomic E-state index is 13.0. The minimum atomic E-state index is -0.575. The fraction of sp³-hybridized carbons (Fsp3) is 0.364. The van der Waals surface area contributed by atoms with Gasteiger partial charge in [-0.05, 0) is 56.2 Å². The Balaban J connectivity index is 2.07. The second-order valence-corrected chi connectivity index (χ2v) is 9.94. The normalized spacial score (nSPS) is 12.0. The quantitative estimate of drug-likeness (QED) is 0.436. The third kappa shape index (κ3) is 7.80. The molecule has 2 aromatic rings. The molecule has 4 nitrogen and oxygen atoms in total. The van der Waals surface area contributed by atoms with Crippen LogP contribution in [0.1, 0.15) is 31.9 Å². The van der Waals surface area contributed by atoms with Gasteiger partial charge in [-0.1, -0.05) is 57.3 Å². The van der Waals surface area contributed by atoms with E-state index in [1.807, 2.05) is 44.2 Å². The van der Waals surface area contributed by atoms with Crippen LogP contribution in [0.25, 0.3) is 0 Å². The van der Waals surface area contributed by atoms with Crippen LogP contribution < -0.4 is 5.32 Å². The van der Waals surface area contributed by atoms with E-state index in [0.29, 0.717) is 22.3 Å². The van der Waals surface area contributed by atoms with Gasteiger partial charge in [0.05, 0.1) is 15.8 Å². The zero-order valence-electron chi connectivity index (χ0n) is 17.1. The predicted octanol–water partition coefficient (Wildman–Crippen LogP) is 5.93. The molecule has 0 aliphatic heterocycles. The van der Waals surface area contributed by atoms with Crippen LogP contribution in [0, 0.1) is 0 Å². The highest BCUT2D eigenvalue weighted by Crippen LogP contribution is 2.25. The van der Waals surface area contributed by atoms with E-state index >= 15 is 0 Å². The summed E-state index contributed by atoms with van der Waals surface area (Å²) in [4.78, 5) is 27.2. The van der Waals surface area contributed by atoms with Crippen LogP contribution in [-0.2, 0) is 21.9 Å². The number of nitrogens with one attached hydrogen (secondary N) is 1. The van der Waals surface area contributed by atoms with Crippen LogP contribution in [-0.4, -0.2) is 34.6 Å². The van der Waals surface area contributed by atoms with Gasteiger partial charge in [-0.2, -0.15) is 0 Å². The molecule has 0 aliphatic rings. The molecule has 2 aromatic carbocycles. The monoisotopic (exact) mass is 530 g/mol. The molecule has 2 rings (SSSR count). The molecule has 0 heterocycles. The van der Waals surface area contributed by atoms with Crippen molar-refractivity contribution in [1.82, 2.24) is 10.2 Å². The van der Waals surface area contributed by atoms with Crippen molar-refractivity contribution in [1.29, 1.82) is 0 Å². The number of benzene rings is 2. The molecule has 0 saturated carbocycles. The Labute approximate surface area is 200 Å². The molecular weight excluding hydrogens is 507 g/mol. The van der Waals surface area contributed by atoms with Crippen LogP contribution in [0.4, 0.5) is 0 Å². The topological polar surface area (TPSA) is 49.4 Å². The number of amides is 2. The van der Waals surface area contributed by atoms with Gasteiger partial charge in [0.1, 0.15) is 6.04 Å². The Morgan fingerprint density at radius 2 is 1.67 bits per heavy atom. The van der Waals surface area contributed by atoms with Gasteiger partial charge in [0.2, 0.25) is 11.8 Å². The van der Waals surface area contributed by atoms with Gasteiger partial charge in [-0.25, -0.2) is 0 Å². The lowest BCUT2D eigenvalue weighted by Gasteiger charge is -2.29. The highest BCUT2D eigenvalue weighted by molar-refractivity contribution is 9.10. The summed E-state index contributed by atoms with van der Waals surface area (Å²) in [5, 5.41) is 3.90. The van der Waals surface area contributed by atoms with Gasteiger partial charge in [-0.15, -0.1) is 11.8 Å². The first-order chi connectivity index (χ1) is 14.2. The van der Waals surface area contributed by atoms with Crippen molar-refractivity contribution in [2.75, 3.05) is 5.75 Å². The lowest BCUT2D eigenvalue weighted by Crippen LogP contribution is -2.49. The second-order valence-electron chi connectivity index (χ2n) is 7.23. The number of carbonyl (C=O) groups is 2. The van der Waals surface area contributed by atoms with Crippen LogP contribution in [0.3, 0.4) is 0 Å². The third-order valence-electron chi connectivity index (χ3n) is 4.34. The maximum absolute atomic E-state index is 13.0. The molecule has 0 aliphatic carbocycles. The Bertz CT molecular complexity index is 878. The molecule has 0 spiro atoms. The van der Waals surface area contributed by atoms with E-state index in [1.54, 1.807) is 24.0 Å². The number of nitrogens with zero attached hydrogens (tertiary/aromatic N) is 1. The van der Waals surface area contributed by atoms with E-state index in [1.165, 1.54) is 11.8 Å². The molecule has 8 heteroatoms. The zero-order chi connectivity index (χ0) is 22.3. The smallest absolute Gasteiger partial charge is 0.242 e. The molecule has 1 atom stereocenters. The van der Waals surface area contributed by atoms with Crippen molar-refractivity contribution in [3.05, 3.63) is 68.1 Å². The highest BCUT2D eigenvalue weighted by Gasteiger charge is 2.26. The van der Waals surface area contributed by atoms with Gasteiger partial charge in [-0.3, -0.25) is 9.59 Å². The molecule has 0 saturated heterocycles. The zero-order valence-corrected chi connectivity index (χ0v) is 21.0. The largest absolute Gasteiger partial charge is 0.352 e. The molecular formula is C22H25BrCl2N2O2S. The average molecular weight is 532 g/mol. The Morgan fingerprint density at radius 3 is 2.27 bits per heavy atom. The first-order valence-corrected chi connectivity index (χ1v) is 12.2. The molecule has 0 unspecified atom stereocenters. The molecule has 0 aromatic heterocycles. The van der Waals surface area contributed by atoms with Crippen LogP contribution in [0.15, 0.2) is 46.9 Å². The number of hydrogen-bond acceptors (Lipinski definition) is 3. The van der Waals surface area contributed by atoms with Gasteiger partial charge in [0, 0.05) is 22.8 Å². The number of hydrogen-bond donors (Lipinski definition) is 1. The van der Waals surface area contributed by atoms with E-state index in [9.17, 15) is 9.59 Å². The predicted molar refractivity (Wildman–Crippen MR) is 130 cm³/mol. The summed E-state index contributed by atoms with van der Waals surface area (Å²) in [5.41, 5.74) is 1.96. The lowest BCUT2D eigenvalue weighted by molar-refractivity contribution is -0.138. The van der Waals surface area contributed by atoms with E-state index < -0.39 is 6.04 Å². The SMILES string of the molecule is CC(C)NC(=O)[C@H](C)N(Cc1ccc(Br)cc1)C(=O)CSCc1ccc(Cl)c(Cl)c1. The van der Waals surface area contributed by atoms with Crippen LogP contribution >= 0.6 is 50.9 Å². The van der Waals surface area contributed by atoms with Crippen LogP contribution in [0.2, 0.25) is 10.0 Å².